The quantitative estimate of drug-likeness (QED) is 0.353. The van der Waals surface area contributed by atoms with E-state index in [0.717, 1.165) is 37.9 Å². The Bertz CT molecular complexity index is 1500. The lowest BCUT2D eigenvalue weighted by atomic mass is 9.90. The normalized spacial score (nSPS) is 15.5. The molecule has 182 valence electrons. The number of para-hydroxylation sites is 2. The number of rotatable bonds is 6. The van der Waals surface area contributed by atoms with Gasteiger partial charge in [-0.05, 0) is 61.9 Å². The third-order valence-electron chi connectivity index (χ3n) is 6.88. The van der Waals surface area contributed by atoms with Gasteiger partial charge in [0.1, 0.15) is 5.69 Å². The number of sulfone groups is 1. The molecule has 1 aromatic heterocycles. The Morgan fingerprint density at radius 1 is 0.917 bits per heavy atom. The molecule has 0 saturated carbocycles. The Balaban J connectivity index is 1.49. The minimum absolute atomic E-state index is 0.113. The number of fused-ring (bicyclic) bond motifs is 1. The summed E-state index contributed by atoms with van der Waals surface area (Å²) >= 11 is 0. The molecule has 0 amide bonds. The third kappa shape index (κ3) is 4.82. The van der Waals surface area contributed by atoms with Crippen LogP contribution in [0.25, 0.3) is 11.0 Å². The second kappa shape index (κ2) is 10.1. The fourth-order valence-corrected chi connectivity index (χ4v) is 6.23. The maximum Gasteiger partial charge on any atom is 0.200 e. The van der Waals surface area contributed by atoms with Gasteiger partial charge in [0.15, 0.2) is 11.1 Å². The lowest BCUT2D eigenvalue weighted by molar-refractivity contribution is 0.402. The average Bonchev–Trinajstić information content (AvgIpc) is 2.90. The Hall–Kier alpha value is -3.76. The van der Waals surface area contributed by atoms with Crippen molar-refractivity contribution in [3.8, 4) is 6.07 Å². The van der Waals surface area contributed by atoms with Crippen LogP contribution in [0.4, 0.5) is 5.82 Å². The number of nitrogens with zero attached hydrogens (tertiary/aromatic N) is 4. The highest BCUT2D eigenvalue weighted by Gasteiger charge is 2.35. The second-order valence-corrected chi connectivity index (χ2v) is 11.4. The highest BCUT2D eigenvalue weighted by atomic mass is 32.2. The Labute approximate surface area is 212 Å². The maximum absolute atomic E-state index is 13.6. The first kappa shape index (κ1) is 24.0. The average molecular weight is 497 g/mol. The van der Waals surface area contributed by atoms with Crippen molar-refractivity contribution in [1.29, 1.82) is 5.26 Å². The van der Waals surface area contributed by atoms with Crippen LogP contribution in [0.1, 0.15) is 34.9 Å². The van der Waals surface area contributed by atoms with E-state index in [1.54, 1.807) is 30.3 Å². The number of hydrogen-bond acceptors (Lipinski definition) is 6. The highest BCUT2D eigenvalue weighted by Crippen LogP contribution is 2.35. The van der Waals surface area contributed by atoms with E-state index in [0.29, 0.717) is 22.8 Å². The van der Waals surface area contributed by atoms with E-state index in [2.05, 4.69) is 29.2 Å². The van der Waals surface area contributed by atoms with Crippen molar-refractivity contribution in [3.05, 3.63) is 95.7 Å². The molecule has 0 spiro atoms. The minimum Gasteiger partial charge on any atom is -0.355 e. The lowest BCUT2D eigenvalue weighted by Gasteiger charge is -2.34. The van der Waals surface area contributed by atoms with Gasteiger partial charge in [0.2, 0.25) is 9.84 Å². The molecule has 1 atom stereocenters. The van der Waals surface area contributed by atoms with E-state index >= 15 is 0 Å². The first-order valence-electron chi connectivity index (χ1n) is 12.2. The van der Waals surface area contributed by atoms with Crippen LogP contribution >= 0.6 is 0 Å². The van der Waals surface area contributed by atoms with E-state index in [1.807, 2.05) is 37.3 Å². The van der Waals surface area contributed by atoms with Crippen molar-refractivity contribution in [1.82, 2.24) is 9.97 Å². The summed E-state index contributed by atoms with van der Waals surface area (Å²) in [5.74, 6) is 1.04. The van der Waals surface area contributed by atoms with Crippen molar-refractivity contribution in [3.63, 3.8) is 0 Å². The van der Waals surface area contributed by atoms with Gasteiger partial charge in [-0.2, -0.15) is 5.26 Å². The molecule has 1 fully saturated rings. The minimum atomic E-state index is -3.99. The molecule has 1 saturated heterocycles. The molecule has 36 heavy (non-hydrogen) atoms. The van der Waals surface area contributed by atoms with Crippen molar-refractivity contribution in [2.75, 3.05) is 18.0 Å². The predicted octanol–water partition coefficient (Wildman–Crippen LogP) is 5.44. The topological polar surface area (TPSA) is 86.9 Å². The number of nitriles is 1. The molecule has 1 aliphatic rings. The molecule has 2 heterocycles. The smallest absolute Gasteiger partial charge is 0.200 e. The van der Waals surface area contributed by atoms with Crippen LogP contribution < -0.4 is 4.90 Å². The van der Waals surface area contributed by atoms with E-state index in [1.165, 1.54) is 5.56 Å². The standard InChI is InChI=1S/C29H28N4O2S/c1-21-11-13-24(14-12-21)36(34,35)27(20-30)28-29(32-26-10-6-5-9-25(26)31-28)33-17-15-23(16-18-33)19-22-7-3-2-4-8-22/h2-14,23,27H,15-19H2,1H3/t27-/m1/s1. The Kier molecular flexibility index (Phi) is 6.71. The molecule has 0 unspecified atom stereocenters. The molecule has 5 rings (SSSR count). The second-order valence-electron chi connectivity index (χ2n) is 9.41. The van der Waals surface area contributed by atoms with Crippen LogP contribution in [0.2, 0.25) is 0 Å². The van der Waals surface area contributed by atoms with Gasteiger partial charge < -0.3 is 4.90 Å². The van der Waals surface area contributed by atoms with Crippen molar-refractivity contribution >= 4 is 26.7 Å². The van der Waals surface area contributed by atoms with Crippen LogP contribution in [0, 0.1) is 24.2 Å². The highest BCUT2D eigenvalue weighted by molar-refractivity contribution is 7.92. The van der Waals surface area contributed by atoms with E-state index in [4.69, 9.17) is 9.97 Å². The van der Waals surface area contributed by atoms with Crippen molar-refractivity contribution in [2.45, 2.75) is 36.3 Å². The summed E-state index contributed by atoms with van der Waals surface area (Å²) in [6, 6.07) is 26.5. The van der Waals surface area contributed by atoms with Crippen molar-refractivity contribution in [2.24, 2.45) is 5.92 Å². The number of aromatic nitrogens is 2. The predicted molar refractivity (Wildman–Crippen MR) is 141 cm³/mol. The molecular formula is C29H28N4O2S. The van der Waals surface area contributed by atoms with Gasteiger partial charge in [-0.25, -0.2) is 18.4 Å². The number of aryl methyl sites for hydroxylation is 1. The summed E-state index contributed by atoms with van der Waals surface area (Å²) in [6.07, 6.45) is 2.95. The van der Waals surface area contributed by atoms with Gasteiger partial charge in [0.25, 0.3) is 0 Å². The zero-order valence-corrected chi connectivity index (χ0v) is 21.0. The van der Waals surface area contributed by atoms with Crippen LogP contribution in [-0.2, 0) is 16.3 Å². The monoisotopic (exact) mass is 496 g/mol. The van der Waals surface area contributed by atoms with E-state index < -0.39 is 15.1 Å². The van der Waals surface area contributed by atoms with Gasteiger partial charge in [-0.15, -0.1) is 0 Å². The molecule has 4 aromatic rings. The van der Waals surface area contributed by atoms with Crippen LogP contribution in [0.3, 0.4) is 0 Å². The maximum atomic E-state index is 13.6. The van der Waals surface area contributed by atoms with Crippen LogP contribution in [-0.4, -0.2) is 31.5 Å². The van der Waals surface area contributed by atoms with E-state index in [9.17, 15) is 13.7 Å². The van der Waals surface area contributed by atoms with Gasteiger partial charge in [-0.3, -0.25) is 0 Å². The Morgan fingerprint density at radius 2 is 1.53 bits per heavy atom. The number of piperidine rings is 1. The molecule has 1 aliphatic heterocycles. The zero-order valence-electron chi connectivity index (χ0n) is 20.2. The van der Waals surface area contributed by atoms with Gasteiger partial charge in [0, 0.05) is 13.1 Å². The molecule has 0 bridgehead atoms. The van der Waals surface area contributed by atoms with Gasteiger partial charge in [-0.1, -0.05) is 60.2 Å². The third-order valence-corrected chi connectivity index (χ3v) is 8.76. The van der Waals surface area contributed by atoms with Crippen LogP contribution in [0.5, 0.6) is 0 Å². The number of anilines is 1. The Morgan fingerprint density at radius 3 is 2.17 bits per heavy atom. The summed E-state index contributed by atoms with van der Waals surface area (Å²) in [6.45, 7) is 3.37. The molecule has 3 aromatic carbocycles. The first-order valence-corrected chi connectivity index (χ1v) is 13.8. The van der Waals surface area contributed by atoms with Crippen LogP contribution in [0.15, 0.2) is 83.8 Å². The van der Waals surface area contributed by atoms with Gasteiger partial charge >= 0.3 is 0 Å². The first-order chi connectivity index (χ1) is 17.5. The SMILES string of the molecule is Cc1ccc(S(=O)(=O)[C@H](C#N)c2nc3ccccc3nc2N2CCC(Cc3ccccc3)CC2)cc1. The number of hydrogen-bond donors (Lipinski definition) is 0. The molecular weight excluding hydrogens is 468 g/mol. The fraction of sp³-hybridized carbons (Fsp3) is 0.276. The lowest BCUT2D eigenvalue weighted by Crippen LogP contribution is -2.36. The number of benzene rings is 3. The summed E-state index contributed by atoms with van der Waals surface area (Å²) in [5, 5.41) is 8.67. The zero-order chi connectivity index (χ0) is 25.1. The molecule has 0 radical (unpaired) electrons. The summed E-state index contributed by atoms with van der Waals surface area (Å²) in [5.41, 5.74) is 3.75. The molecule has 6 nitrogen and oxygen atoms in total. The van der Waals surface area contributed by atoms with Crippen molar-refractivity contribution < 1.29 is 8.42 Å². The summed E-state index contributed by atoms with van der Waals surface area (Å²) < 4.78 is 27.2. The summed E-state index contributed by atoms with van der Waals surface area (Å²) in [4.78, 5) is 11.8. The molecule has 7 heteroatoms. The molecule has 0 aliphatic carbocycles. The van der Waals surface area contributed by atoms with Gasteiger partial charge in [0.05, 0.1) is 22.0 Å². The largest absolute Gasteiger partial charge is 0.355 e. The van der Waals surface area contributed by atoms with E-state index in [-0.39, 0.29) is 10.6 Å². The fourth-order valence-electron chi connectivity index (χ4n) is 4.85. The summed E-state index contributed by atoms with van der Waals surface area (Å²) in [7, 11) is -3.99. The molecule has 0 N–H and O–H groups in total.